The van der Waals surface area contributed by atoms with Crippen molar-refractivity contribution in [2.24, 2.45) is 0 Å². The molecule has 0 saturated heterocycles. The minimum atomic E-state index is -5.17. The standard InChI is InChI=1S/C7H6N2O9S3/c10-19(11,12)4-2-1-3-5(6(4)20(13,14)15)9-7(8-3)21(16,17)18/h1-2H,(H,8,9)(H,10,11,12)(H,13,14,15)(H,16,17,18). The zero-order valence-electron chi connectivity index (χ0n) is 9.62. The van der Waals surface area contributed by atoms with Crippen LogP contribution < -0.4 is 0 Å². The molecule has 1 aromatic heterocycles. The first-order chi connectivity index (χ1) is 9.32. The van der Waals surface area contributed by atoms with Crippen LogP contribution in [0.25, 0.3) is 11.0 Å². The summed E-state index contributed by atoms with van der Waals surface area (Å²) in [5.41, 5.74) is -1.08. The van der Waals surface area contributed by atoms with Crippen molar-refractivity contribution >= 4 is 41.4 Å². The van der Waals surface area contributed by atoms with Crippen LogP contribution in [0.15, 0.2) is 27.1 Å². The SMILES string of the molecule is O=S(=O)(O)c1nc2c(S(=O)(=O)O)c(S(=O)(=O)O)ccc2[nH]1. The van der Waals surface area contributed by atoms with Gasteiger partial charge < -0.3 is 4.98 Å². The van der Waals surface area contributed by atoms with Crippen LogP contribution in [-0.2, 0) is 30.4 Å². The highest BCUT2D eigenvalue weighted by Crippen LogP contribution is 2.29. The van der Waals surface area contributed by atoms with Gasteiger partial charge in [-0.25, -0.2) is 4.98 Å². The number of aromatic nitrogens is 2. The Morgan fingerprint density at radius 3 is 1.86 bits per heavy atom. The van der Waals surface area contributed by atoms with E-state index in [2.05, 4.69) is 4.98 Å². The van der Waals surface area contributed by atoms with Crippen LogP contribution in [0.3, 0.4) is 0 Å². The Morgan fingerprint density at radius 2 is 1.43 bits per heavy atom. The van der Waals surface area contributed by atoms with Gasteiger partial charge in [0.25, 0.3) is 25.4 Å². The van der Waals surface area contributed by atoms with Crippen molar-refractivity contribution in [3.8, 4) is 0 Å². The molecular formula is C7H6N2O9S3. The molecule has 2 aromatic rings. The van der Waals surface area contributed by atoms with Gasteiger partial charge in [0.1, 0.15) is 15.3 Å². The van der Waals surface area contributed by atoms with Gasteiger partial charge in [0.15, 0.2) is 0 Å². The molecule has 0 unspecified atom stereocenters. The Hall–Kier alpha value is -1.58. The van der Waals surface area contributed by atoms with E-state index in [4.69, 9.17) is 13.7 Å². The molecule has 21 heavy (non-hydrogen) atoms. The summed E-state index contributed by atoms with van der Waals surface area (Å²) < 4.78 is 93.5. The van der Waals surface area contributed by atoms with Gasteiger partial charge in [-0.05, 0) is 12.1 Å². The smallest absolute Gasteiger partial charge is 0.327 e. The van der Waals surface area contributed by atoms with Gasteiger partial charge in [-0.15, -0.1) is 0 Å². The fraction of sp³-hybridized carbons (Fsp3) is 0. The number of rotatable bonds is 3. The second kappa shape index (κ2) is 4.46. The second-order valence-electron chi connectivity index (χ2n) is 3.76. The van der Waals surface area contributed by atoms with Crippen LogP contribution >= 0.6 is 0 Å². The van der Waals surface area contributed by atoms with Crippen LogP contribution in [0.2, 0.25) is 0 Å². The van der Waals surface area contributed by atoms with Crippen molar-refractivity contribution in [3.05, 3.63) is 12.1 Å². The third-order valence-electron chi connectivity index (χ3n) is 2.33. The average Bonchev–Trinajstić information content (AvgIpc) is 2.67. The number of benzene rings is 1. The molecular weight excluding hydrogens is 352 g/mol. The predicted molar refractivity (Wildman–Crippen MR) is 65.5 cm³/mol. The van der Waals surface area contributed by atoms with E-state index < -0.39 is 50.8 Å². The number of imidazole rings is 1. The van der Waals surface area contributed by atoms with Gasteiger partial charge in [-0.1, -0.05) is 0 Å². The minimum Gasteiger partial charge on any atom is -0.327 e. The lowest BCUT2D eigenvalue weighted by Crippen LogP contribution is -2.09. The van der Waals surface area contributed by atoms with Gasteiger partial charge in [0.05, 0.1) is 5.52 Å². The molecule has 1 heterocycles. The average molecular weight is 358 g/mol. The minimum absolute atomic E-state index is 0.303. The van der Waals surface area contributed by atoms with Crippen molar-refractivity contribution in [2.45, 2.75) is 14.9 Å². The fourth-order valence-corrected chi connectivity index (χ4v) is 3.95. The van der Waals surface area contributed by atoms with E-state index in [0.29, 0.717) is 6.07 Å². The first-order valence-corrected chi connectivity index (χ1v) is 9.09. The Morgan fingerprint density at radius 1 is 0.857 bits per heavy atom. The van der Waals surface area contributed by atoms with E-state index in [-0.39, 0.29) is 5.52 Å². The summed E-state index contributed by atoms with van der Waals surface area (Å²) in [5, 5.41) is -1.06. The summed E-state index contributed by atoms with van der Waals surface area (Å²) in [6.45, 7) is 0. The number of fused-ring (bicyclic) bond motifs is 1. The number of hydrogen-bond donors (Lipinski definition) is 4. The zero-order valence-corrected chi connectivity index (χ0v) is 12.1. The van der Waals surface area contributed by atoms with Crippen molar-refractivity contribution in [3.63, 3.8) is 0 Å². The van der Waals surface area contributed by atoms with Gasteiger partial charge >= 0.3 is 10.1 Å². The Kier molecular flexibility index (Phi) is 3.35. The summed E-state index contributed by atoms with van der Waals surface area (Å²) in [4.78, 5) is 2.74. The lowest BCUT2D eigenvalue weighted by atomic mass is 10.3. The molecule has 4 N–H and O–H groups in total. The van der Waals surface area contributed by atoms with Gasteiger partial charge in [0.2, 0.25) is 0 Å². The second-order valence-corrected chi connectivity index (χ2v) is 7.84. The summed E-state index contributed by atoms with van der Waals surface area (Å²) in [5.74, 6) is 0. The first kappa shape index (κ1) is 15.8. The number of aromatic amines is 1. The van der Waals surface area contributed by atoms with E-state index in [1.165, 1.54) is 0 Å². The third-order valence-corrected chi connectivity index (χ3v) is 4.97. The van der Waals surface area contributed by atoms with Crippen molar-refractivity contribution in [1.29, 1.82) is 0 Å². The van der Waals surface area contributed by atoms with E-state index in [9.17, 15) is 25.3 Å². The lowest BCUT2D eigenvalue weighted by molar-refractivity contribution is 0.467. The first-order valence-electron chi connectivity index (χ1n) is 4.77. The Labute approximate surface area is 117 Å². The highest BCUT2D eigenvalue weighted by atomic mass is 32.2. The lowest BCUT2D eigenvalue weighted by Gasteiger charge is -2.04. The molecule has 2 rings (SSSR count). The van der Waals surface area contributed by atoms with Crippen LogP contribution in [0.4, 0.5) is 0 Å². The maximum atomic E-state index is 11.3. The van der Waals surface area contributed by atoms with Crippen LogP contribution in [0, 0.1) is 0 Å². The summed E-state index contributed by atoms with van der Waals surface area (Å²) in [6, 6.07) is 1.52. The molecule has 0 saturated carbocycles. The molecule has 0 aliphatic carbocycles. The summed E-state index contributed by atoms with van der Waals surface area (Å²) >= 11 is 0. The molecule has 0 aliphatic heterocycles. The molecule has 0 atom stereocenters. The molecule has 0 spiro atoms. The molecule has 0 amide bonds. The zero-order chi connectivity index (χ0) is 16.2. The van der Waals surface area contributed by atoms with Gasteiger partial charge in [0, 0.05) is 0 Å². The Bertz CT molecular complexity index is 1050. The highest BCUT2D eigenvalue weighted by Gasteiger charge is 2.29. The normalized spacial score (nSPS) is 13.7. The highest BCUT2D eigenvalue weighted by molar-refractivity contribution is 7.89. The Balaban J connectivity index is 3.07. The van der Waals surface area contributed by atoms with E-state index in [0.717, 1.165) is 6.07 Å². The topological polar surface area (TPSA) is 192 Å². The summed E-state index contributed by atoms with van der Waals surface area (Å²) in [7, 11) is -15.0. The van der Waals surface area contributed by atoms with E-state index in [1.807, 2.05) is 4.98 Å². The summed E-state index contributed by atoms with van der Waals surface area (Å²) in [6.07, 6.45) is 0. The monoisotopic (exact) mass is 358 g/mol. The van der Waals surface area contributed by atoms with Crippen LogP contribution in [0.5, 0.6) is 0 Å². The van der Waals surface area contributed by atoms with Gasteiger partial charge in [-0.3, -0.25) is 13.7 Å². The van der Waals surface area contributed by atoms with Gasteiger partial charge in [-0.2, -0.15) is 25.3 Å². The van der Waals surface area contributed by atoms with Crippen LogP contribution in [-0.4, -0.2) is 48.9 Å². The van der Waals surface area contributed by atoms with Crippen molar-refractivity contribution in [2.75, 3.05) is 0 Å². The largest absolute Gasteiger partial charge is 0.328 e. The molecule has 0 fully saturated rings. The number of H-pyrrole nitrogens is 1. The quantitative estimate of drug-likeness (QED) is 0.510. The molecule has 0 bridgehead atoms. The molecule has 0 radical (unpaired) electrons. The molecule has 0 aliphatic rings. The molecule has 11 nitrogen and oxygen atoms in total. The van der Waals surface area contributed by atoms with Crippen molar-refractivity contribution in [1.82, 2.24) is 9.97 Å². The van der Waals surface area contributed by atoms with E-state index in [1.54, 1.807) is 0 Å². The third kappa shape index (κ3) is 2.89. The molecule has 14 heteroatoms. The van der Waals surface area contributed by atoms with Crippen molar-refractivity contribution < 1.29 is 38.9 Å². The van der Waals surface area contributed by atoms with E-state index >= 15 is 0 Å². The number of nitrogens with zero attached hydrogens (tertiary/aromatic N) is 1. The van der Waals surface area contributed by atoms with Crippen LogP contribution in [0.1, 0.15) is 0 Å². The molecule has 116 valence electrons. The number of hydrogen-bond acceptors (Lipinski definition) is 7. The maximum absolute atomic E-state index is 11.3. The fourth-order valence-electron chi connectivity index (χ4n) is 1.58. The molecule has 1 aromatic carbocycles. The number of nitrogens with one attached hydrogen (secondary N) is 1. The maximum Gasteiger partial charge on any atom is 0.328 e. The predicted octanol–water partition coefficient (Wildman–Crippen LogP) is -0.697.